The second-order valence-corrected chi connectivity index (χ2v) is 13.3. The number of rotatable bonds is 5. The molecule has 17 heteroatoms. The summed E-state index contributed by atoms with van der Waals surface area (Å²) < 4.78 is 47.9. The quantitative estimate of drug-likeness (QED) is 0.304. The van der Waals surface area contributed by atoms with Gasteiger partial charge in [0, 0.05) is 29.8 Å². The molecule has 1 aromatic carbocycles. The molecule has 1 saturated heterocycles. The van der Waals surface area contributed by atoms with Gasteiger partial charge in [-0.1, -0.05) is 24.6 Å². The number of aryl methyl sites for hydroxylation is 1. The van der Waals surface area contributed by atoms with Gasteiger partial charge in [0.1, 0.15) is 12.9 Å². The molecule has 0 radical (unpaired) electrons. The Morgan fingerprint density at radius 1 is 1.20 bits per heavy atom. The highest BCUT2D eigenvalue weighted by atomic mass is 35.5. The Hall–Kier alpha value is -4.83. The number of aromatic hydroxyl groups is 1. The number of carbonyl (C=O) groups is 2. The van der Waals surface area contributed by atoms with Crippen LogP contribution in [0.1, 0.15) is 77.4 Å². The highest BCUT2D eigenvalue weighted by molar-refractivity contribution is 6.33. The van der Waals surface area contributed by atoms with Crippen LogP contribution in [0.2, 0.25) is 5.02 Å². The highest BCUT2D eigenvalue weighted by Crippen LogP contribution is 2.50. The standard InChI is InChI=1S/C33H32ClF3N8O5/c1-17-14-32(7-9-43(10-8-32)30(49)25-27(47)18(2)38-16-39-25)24-26(17)44(15-23(46)40-22-4-3-20(13-21(22)34)33(35,36)37)31-41-28(42-45(31)29(24)48)19-5-11-50-12-6-19/h3-5,13,16-17,47H,6-12,14-15H2,1-2H3,(H,40,46)/t17-/m1/s1. The van der Waals surface area contributed by atoms with Gasteiger partial charge >= 0.3 is 6.18 Å². The number of aromatic nitrogens is 6. The fourth-order valence-corrected chi connectivity index (χ4v) is 7.61. The van der Waals surface area contributed by atoms with Crippen molar-refractivity contribution in [2.24, 2.45) is 0 Å². The van der Waals surface area contributed by atoms with Crippen molar-refractivity contribution >= 4 is 40.5 Å². The van der Waals surface area contributed by atoms with Crippen molar-refractivity contribution in [3.63, 3.8) is 0 Å². The number of halogens is 4. The largest absolute Gasteiger partial charge is 0.504 e. The van der Waals surface area contributed by atoms with Crippen LogP contribution in [0.5, 0.6) is 5.75 Å². The van der Waals surface area contributed by atoms with Gasteiger partial charge in [0.15, 0.2) is 17.3 Å². The second-order valence-electron chi connectivity index (χ2n) is 12.9. The average molecular weight is 713 g/mol. The molecule has 3 aliphatic rings. The number of nitrogens with zero attached hydrogens (tertiary/aromatic N) is 7. The van der Waals surface area contributed by atoms with Crippen LogP contribution in [0.25, 0.3) is 11.4 Å². The third-order valence-electron chi connectivity index (χ3n) is 9.82. The van der Waals surface area contributed by atoms with Gasteiger partial charge in [0.25, 0.3) is 11.5 Å². The molecule has 2 N–H and O–H groups in total. The predicted molar refractivity (Wildman–Crippen MR) is 174 cm³/mol. The molecule has 0 bridgehead atoms. The van der Waals surface area contributed by atoms with Gasteiger partial charge in [0.05, 0.1) is 35.2 Å². The van der Waals surface area contributed by atoms with Crippen LogP contribution in [-0.4, -0.2) is 77.3 Å². The van der Waals surface area contributed by atoms with Crippen LogP contribution < -0.4 is 10.9 Å². The van der Waals surface area contributed by atoms with Gasteiger partial charge in [-0.25, -0.2) is 9.97 Å². The van der Waals surface area contributed by atoms with Crippen molar-refractivity contribution in [2.75, 3.05) is 31.6 Å². The van der Waals surface area contributed by atoms with Gasteiger partial charge in [0.2, 0.25) is 11.7 Å². The number of anilines is 1. The first-order valence-corrected chi connectivity index (χ1v) is 16.4. The normalized spacial score (nSPS) is 18.7. The average Bonchev–Trinajstić information content (AvgIpc) is 3.65. The number of piperidine rings is 1. The summed E-state index contributed by atoms with van der Waals surface area (Å²) >= 11 is 6.14. The van der Waals surface area contributed by atoms with E-state index < -0.39 is 29.0 Å². The molecule has 5 heterocycles. The van der Waals surface area contributed by atoms with E-state index in [1.165, 1.54) is 10.8 Å². The summed E-state index contributed by atoms with van der Waals surface area (Å²) in [6.45, 7) is 4.60. The predicted octanol–water partition coefficient (Wildman–Crippen LogP) is 4.49. The lowest BCUT2D eigenvalue weighted by Crippen LogP contribution is -2.46. The number of benzene rings is 1. The SMILES string of the molecule is Cc1ncnc(C(=O)N2CCC3(CC2)C[C@@H](C)c2c3c(=O)n3nc(C4=CCOCC4)nc3n2CC(=O)Nc2ccc(C(F)(F)F)cc2Cl)c1O. The van der Waals surface area contributed by atoms with Crippen LogP contribution in [0, 0.1) is 6.92 Å². The van der Waals surface area contributed by atoms with Gasteiger partial charge < -0.3 is 24.6 Å². The fraction of sp³-hybridized carbons (Fsp3) is 0.424. The number of nitrogens with one attached hydrogen (secondary N) is 1. The first kappa shape index (κ1) is 33.7. The molecule has 0 saturated carbocycles. The zero-order valence-electron chi connectivity index (χ0n) is 27.1. The number of alkyl halides is 3. The van der Waals surface area contributed by atoms with Crippen LogP contribution in [-0.2, 0) is 27.7 Å². The van der Waals surface area contributed by atoms with E-state index in [-0.39, 0.29) is 64.7 Å². The van der Waals surface area contributed by atoms with Crippen molar-refractivity contribution in [3.8, 4) is 5.75 Å². The lowest BCUT2D eigenvalue weighted by molar-refractivity contribution is -0.137. The number of likely N-dealkylation sites (tertiary alicyclic amines) is 1. The van der Waals surface area contributed by atoms with E-state index in [9.17, 15) is 32.7 Å². The molecule has 13 nitrogen and oxygen atoms in total. The number of ether oxygens (including phenoxy) is 1. The summed E-state index contributed by atoms with van der Waals surface area (Å²) in [7, 11) is 0. The topological polar surface area (TPSA) is 157 Å². The van der Waals surface area contributed by atoms with Crippen molar-refractivity contribution < 1.29 is 32.6 Å². The number of hydrogen-bond donors (Lipinski definition) is 2. The Labute approximate surface area is 287 Å². The minimum atomic E-state index is -4.61. The van der Waals surface area contributed by atoms with E-state index in [1.54, 1.807) is 16.4 Å². The summed E-state index contributed by atoms with van der Waals surface area (Å²) in [5, 5.41) is 17.4. The molecule has 262 valence electrons. The Bertz CT molecular complexity index is 2140. The molecule has 2 aliphatic heterocycles. The summed E-state index contributed by atoms with van der Waals surface area (Å²) in [5.41, 5.74) is 0.126. The zero-order valence-corrected chi connectivity index (χ0v) is 27.8. The molecule has 2 amide bonds. The van der Waals surface area contributed by atoms with Gasteiger partial charge in [-0.05, 0) is 62.3 Å². The molecule has 0 unspecified atom stereocenters. The number of fused-ring (bicyclic) bond motifs is 3. The fourth-order valence-electron chi connectivity index (χ4n) is 7.38. The third-order valence-corrected chi connectivity index (χ3v) is 10.1. The van der Waals surface area contributed by atoms with Crippen molar-refractivity contribution in [3.05, 3.63) is 80.0 Å². The maximum Gasteiger partial charge on any atom is 0.416 e. The molecular weight excluding hydrogens is 681 g/mol. The maximum absolute atomic E-state index is 14.4. The third kappa shape index (κ3) is 5.79. The molecule has 50 heavy (non-hydrogen) atoms. The van der Waals surface area contributed by atoms with E-state index in [1.807, 2.05) is 13.0 Å². The molecular formula is C33H32ClF3N8O5. The molecule has 1 aliphatic carbocycles. The lowest BCUT2D eigenvalue weighted by atomic mass is 9.73. The van der Waals surface area contributed by atoms with Gasteiger partial charge in [-0.2, -0.15) is 22.7 Å². The Morgan fingerprint density at radius 2 is 1.96 bits per heavy atom. The van der Waals surface area contributed by atoms with Crippen LogP contribution in [0.3, 0.4) is 0 Å². The first-order valence-electron chi connectivity index (χ1n) is 16.0. The molecule has 1 spiro atoms. The number of hydrogen-bond acceptors (Lipinski definition) is 9. The monoisotopic (exact) mass is 712 g/mol. The van der Waals surface area contributed by atoms with E-state index in [4.69, 9.17) is 21.3 Å². The number of amides is 2. The van der Waals surface area contributed by atoms with Crippen molar-refractivity contribution in [1.29, 1.82) is 0 Å². The second kappa shape index (κ2) is 12.5. The molecule has 1 atom stereocenters. The Balaban J connectivity index is 1.26. The smallest absolute Gasteiger partial charge is 0.416 e. The van der Waals surface area contributed by atoms with Crippen LogP contribution in [0.4, 0.5) is 18.9 Å². The zero-order chi connectivity index (χ0) is 35.5. The van der Waals surface area contributed by atoms with Crippen molar-refractivity contribution in [1.82, 2.24) is 34.0 Å². The minimum absolute atomic E-state index is 0.000583. The van der Waals surface area contributed by atoms with E-state index in [2.05, 4.69) is 20.4 Å². The van der Waals surface area contributed by atoms with Gasteiger partial charge in [-0.15, -0.1) is 5.10 Å². The Morgan fingerprint density at radius 3 is 2.64 bits per heavy atom. The summed E-state index contributed by atoms with van der Waals surface area (Å²) in [6.07, 6.45) is 0.411. The summed E-state index contributed by atoms with van der Waals surface area (Å²) in [4.78, 5) is 55.6. The van der Waals surface area contributed by atoms with E-state index in [0.717, 1.165) is 23.8 Å². The first-order chi connectivity index (χ1) is 23.8. The van der Waals surface area contributed by atoms with E-state index in [0.29, 0.717) is 56.0 Å². The van der Waals surface area contributed by atoms with Gasteiger partial charge in [-0.3, -0.25) is 14.4 Å². The minimum Gasteiger partial charge on any atom is -0.504 e. The van der Waals surface area contributed by atoms with E-state index >= 15 is 0 Å². The molecule has 3 aromatic heterocycles. The lowest BCUT2D eigenvalue weighted by Gasteiger charge is -2.39. The summed E-state index contributed by atoms with van der Waals surface area (Å²) in [6, 6.07) is 2.67. The number of carbonyl (C=O) groups excluding carboxylic acids is 2. The van der Waals surface area contributed by atoms with Crippen LogP contribution >= 0.6 is 11.6 Å². The van der Waals surface area contributed by atoms with Crippen LogP contribution in [0.15, 0.2) is 35.4 Å². The molecule has 1 fully saturated rings. The summed E-state index contributed by atoms with van der Waals surface area (Å²) in [5.74, 6) is -1.04. The maximum atomic E-state index is 14.4. The molecule has 7 rings (SSSR count). The van der Waals surface area contributed by atoms with Crippen molar-refractivity contribution in [2.45, 2.75) is 63.6 Å². The molecule has 4 aromatic rings. The Kier molecular flexibility index (Phi) is 8.41. The highest BCUT2D eigenvalue weighted by Gasteiger charge is 2.49.